The van der Waals surface area contributed by atoms with Crippen molar-refractivity contribution >= 4 is 17.2 Å². The molecule has 1 amide bonds. The molecule has 5 heteroatoms. The summed E-state index contributed by atoms with van der Waals surface area (Å²) in [5.41, 5.74) is 0.609. The quantitative estimate of drug-likeness (QED) is 0.402. The standard InChI is InChI=1S/C23H33NO3S/c1-3-5-7-15-26-21-12-11-19(18-22(21)27-16-8-6-4-2)23(25)24-14-13-20-10-9-17-28-20/h9-12,17-18H,3-8,13-16H2,1-2H3,(H,24,25). The third kappa shape index (κ3) is 7.93. The molecule has 0 spiro atoms. The smallest absolute Gasteiger partial charge is 0.251 e. The third-order valence-corrected chi connectivity index (χ3v) is 5.39. The fourth-order valence-corrected chi connectivity index (χ4v) is 3.51. The number of amides is 1. The molecule has 0 fully saturated rings. The molecule has 0 unspecified atom stereocenters. The summed E-state index contributed by atoms with van der Waals surface area (Å²) >= 11 is 1.71. The Morgan fingerprint density at radius 2 is 1.68 bits per heavy atom. The molecule has 0 bridgehead atoms. The second kappa shape index (κ2) is 13.2. The van der Waals surface area contributed by atoms with E-state index >= 15 is 0 Å². The van der Waals surface area contributed by atoms with Gasteiger partial charge in [0, 0.05) is 17.0 Å². The lowest BCUT2D eigenvalue weighted by atomic mass is 10.2. The van der Waals surface area contributed by atoms with Crippen LogP contribution in [0.3, 0.4) is 0 Å². The molecule has 4 nitrogen and oxygen atoms in total. The van der Waals surface area contributed by atoms with Crippen LogP contribution in [-0.2, 0) is 6.42 Å². The minimum absolute atomic E-state index is 0.0764. The Hall–Kier alpha value is -2.01. The summed E-state index contributed by atoms with van der Waals surface area (Å²) in [6.07, 6.45) is 7.47. The molecule has 2 aromatic rings. The van der Waals surface area contributed by atoms with Gasteiger partial charge < -0.3 is 14.8 Å². The molecule has 154 valence electrons. The van der Waals surface area contributed by atoms with Crippen LogP contribution >= 0.6 is 11.3 Å². The Balaban J connectivity index is 1.94. The molecule has 1 aromatic heterocycles. The van der Waals surface area contributed by atoms with Crippen LogP contribution in [0.1, 0.15) is 67.6 Å². The number of carbonyl (C=O) groups is 1. The van der Waals surface area contributed by atoms with Gasteiger partial charge in [-0.05, 0) is 48.9 Å². The summed E-state index contributed by atoms with van der Waals surface area (Å²) in [6.45, 7) is 6.28. The summed E-state index contributed by atoms with van der Waals surface area (Å²) in [5.74, 6) is 1.31. The molecule has 0 aliphatic rings. The number of nitrogens with one attached hydrogen (secondary N) is 1. The summed E-state index contributed by atoms with van der Waals surface area (Å²) < 4.78 is 11.9. The zero-order valence-corrected chi connectivity index (χ0v) is 18.0. The molecular formula is C23H33NO3S. The van der Waals surface area contributed by atoms with Gasteiger partial charge in [0.25, 0.3) is 5.91 Å². The van der Waals surface area contributed by atoms with Gasteiger partial charge in [0.05, 0.1) is 13.2 Å². The predicted octanol–water partition coefficient (Wildman–Crippen LogP) is 5.86. The predicted molar refractivity (Wildman–Crippen MR) is 117 cm³/mol. The summed E-state index contributed by atoms with van der Waals surface area (Å²) in [4.78, 5) is 13.8. The van der Waals surface area contributed by atoms with Gasteiger partial charge in [-0.2, -0.15) is 0 Å². The summed E-state index contributed by atoms with van der Waals surface area (Å²) in [6, 6.07) is 9.60. The molecule has 1 heterocycles. The van der Waals surface area contributed by atoms with E-state index in [0.717, 1.165) is 50.7 Å². The number of unbranched alkanes of at least 4 members (excludes halogenated alkanes) is 4. The largest absolute Gasteiger partial charge is 0.490 e. The van der Waals surface area contributed by atoms with Crippen molar-refractivity contribution in [2.75, 3.05) is 19.8 Å². The van der Waals surface area contributed by atoms with Gasteiger partial charge in [-0.25, -0.2) is 0 Å². The van der Waals surface area contributed by atoms with E-state index in [9.17, 15) is 4.79 Å². The van der Waals surface area contributed by atoms with Gasteiger partial charge in [0.15, 0.2) is 11.5 Å². The van der Waals surface area contributed by atoms with E-state index in [1.165, 1.54) is 4.88 Å². The van der Waals surface area contributed by atoms with Crippen molar-refractivity contribution in [1.82, 2.24) is 5.32 Å². The molecule has 0 atom stereocenters. The molecule has 2 rings (SSSR count). The Morgan fingerprint density at radius 3 is 2.32 bits per heavy atom. The molecule has 1 aromatic carbocycles. The maximum Gasteiger partial charge on any atom is 0.251 e. The first kappa shape index (κ1) is 22.3. The van der Waals surface area contributed by atoms with E-state index in [0.29, 0.717) is 31.1 Å². The zero-order valence-electron chi connectivity index (χ0n) is 17.2. The van der Waals surface area contributed by atoms with E-state index < -0.39 is 0 Å². The van der Waals surface area contributed by atoms with E-state index in [1.807, 2.05) is 24.3 Å². The average molecular weight is 404 g/mol. The molecule has 1 N–H and O–H groups in total. The number of hydrogen-bond acceptors (Lipinski definition) is 4. The minimum Gasteiger partial charge on any atom is -0.490 e. The summed E-state index contributed by atoms with van der Waals surface area (Å²) in [5, 5.41) is 5.05. The number of benzene rings is 1. The average Bonchev–Trinajstić information content (AvgIpc) is 3.22. The molecule has 0 radical (unpaired) electrons. The first-order valence-corrected chi connectivity index (χ1v) is 11.3. The Bertz CT molecular complexity index is 685. The first-order valence-electron chi connectivity index (χ1n) is 10.4. The minimum atomic E-state index is -0.0764. The van der Waals surface area contributed by atoms with Crippen LogP contribution in [-0.4, -0.2) is 25.7 Å². The van der Waals surface area contributed by atoms with Crippen LogP contribution < -0.4 is 14.8 Å². The normalized spacial score (nSPS) is 10.6. The highest BCUT2D eigenvalue weighted by atomic mass is 32.1. The van der Waals surface area contributed by atoms with Gasteiger partial charge >= 0.3 is 0 Å². The van der Waals surface area contributed by atoms with E-state index in [2.05, 4.69) is 30.6 Å². The maximum absolute atomic E-state index is 12.5. The van der Waals surface area contributed by atoms with Crippen LogP contribution in [0, 0.1) is 0 Å². The van der Waals surface area contributed by atoms with Crippen LogP contribution in [0.4, 0.5) is 0 Å². The van der Waals surface area contributed by atoms with E-state index in [4.69, 9.17) is 9.47 Å². The van der Waals surface area contributed by atoms with Gasteiger partial charge in [-0.3, -0.25) is 4.79 Å². The van der Waals surface area contributed by atoms with Crippen molar-refractivity contribution in [3.63, 3.8) is 0 Å². The van der Waals surface area contributed by atoms with Crippen molar-refractivity contribution in [2.24, 2.45) is 0 Å². The Morgan fingerprint density at radius 1 is 0.964 bits per heavy atom. The molecule has 0 aliphatic heterocycles. The second-order valence-corrected chi connectivity index (χ2v) is 7.89. The van der Waals surface area contributed by atoms with Crippen LogP contribution in [0.5, 0.6) is 11.5 Å². The highest BCUT2D eigenvalue weighted by Crippen LogP contribution is 2.29. The van der Waals surface area contributed by atoms with Crippen LogP contribution in [0.15, 0.2) is 35.7 Å². The van der Waals surface area contributed by atoms with Crippen molar-refractivity contribution in [1.29, 1.82) is 0 Å². The Labute approximate surface area is 173 Å². The van der Waals surface area contributed by atoms with Gasteiger partial charge in [0.2, 0.25) is 0 Å². The molecule has 0 aliphatic carbocycles. The molecule has 0 saturated heterocycles. The SMILES string of the molecule is CCCCCOc1ccc(C(=O)NCCc2cccs2)cc1OCCCCC. The van der Waals surface area contributed by atoms with E-state index in [-0.39, 0.29) is 5.91 Å². The fraction of sp³-hybridized carbons (Fsp3) is 0.522. The number of ether oxygens (including phenoxy) is 2. The number of thiophene rings is 1. The maximum atomic E-state index is 12.5. The van der Waals surface area contributed by atoms with E-state index in [1.54, 1.807) is 11.3 Å². The number of carbonyl (C=O) groups excluding carboxylic acids is 1. The Kier molecular flexibility index (Phi) is 10.5. The van der Waals surface area contributed by atoms with Gasteiger partial charge in [0.1, 0.15) is 0 Å². The molecular weight excluding hydrogens is 370 g/mol. The topological polar surface area (TPSA) is 47.6 Å². The third-order valence-electron chi connectivity index (χ3n) is 4.45. The lowest BCUT2D eigenvalue weighted by molar-refractivity contribution is 0.0953. The van der Waals surface area contributed by atoms with Crippen molar-refractivity contribution in [3.05, 3.63) is 46.2 Å². The van der Waals surface area contributed by atoms with Gasteiger partial charge in [-0.15, -0.1) is 11.3 Å². The van der Waals surface area contributed by atoms with Crippen LogP contribution in [0.25, 0.3) is 0 Å². The summed E-state index contributed by atoms with van der Waals surface area (Å²) in [7, 11) is 0. The van der Waals surface area contributed by atoms with Gasteiger partial charge in [-0.1, -0.05) is 45.6 Å². The second-order valence-electron chi connectivity index (χ2n) is 6.86. The van der Waals surface area contributed by atoms with Crippen molar-refractivity contribution < 1.29 is 14.3 Å². The lowest BCUT2D eigenvalue weighted by Gasteiger charge is -2.14. The first-order chi connectivity index (χ1) is 13.7. The number of hydrogen-bond donors (Lipinski definition) is 1. The fourth-order valence-electron chi connectivity index (χ4n) is 2.81. The number of rotatable bonds is 14. The highest BCUT2D eigenvalue weighted by molar-refractivity contribution is 7.09. The lowest BCUT2D eigenvalue weighted by Crippen LogP contribution is -2.25. The molecule has 0 saturated carbocycles. The van der Waals surface area contributed by atoms with Crippen LogP contribution in [0.2, 0.25) is 0 Å². The van der Waals surface area contributed by atoms with Crippen molar-refractivity contribution in [3.8, 4) is 11.5 Å². The highest BCUT2D eigenvalue weighted by Gasteiger charge is 2.12. The zero-order chi connectivity index (χ0) is 20.0. The van der Waals surface area contributed by atoms with Crippen molar-refractivity contribution in [2.45, 2.75) is 58.8 Å². The molecule has 28 heavy (non-hydrogen) atoms. The monoisotopic (exact) mass is 403 g/mol.